The van der Waals surface area contributed by atoms with Gasteiger partial charge >= 0.3 is 0 Å². The van der Waals surface area contributed by atoms with E-state index in [0.717, 1.165) is 17.6 Å². The number of para-hydroxylation sites is 1. The number of benzene rings is 2. The van der Waals surface area contributed by atoms with Gasteiger partial charge in [0, 0.05) is 0 Å². The Morgan fingerprint density at radius 2 is 2.05 bits per heavy atom. The molecule has 4 nitrogen and oxygen atoms in total. The van der Waals surface area contributed by atoms with Gasteiger partial charge in [0.1, 0.15) is 16.4 Å². The van der Waals surface area contributed by atoms with Crippen molar-refractivity contribution in [2.75, 3.05) is 5.32 Å². The molecule has 0 unspecified atom stereocenters. The van der Waals surface area contributed by atoms with Gasteiger partial charge in [-0.1, -0.05) is 17.7 Å². The fourth-order valence-electron chi connectivity index (χ4n) is 1.96. The van der Waals surface area contributed by atoms with E-state index < -0.39 is 22.6 Å². The summed E-state index contributed by atoms with van der Waals surface area (Å²) in [5, 5.41) is 1.82. The van der Waals surface area contributed by atoms with E-state index in [1.807, 2.05) is 0 Å². The highest BCUT2D eigenvalue weighted by molar-refractivity contribution is 6.31. The fourth-order valence-corrected chi connectivity index (χ4v) is 2.12. The first kappa shape index (κ1) is 13.5. The van der Waals surface area contributed by atoms with Crippen LogP contribution in [0.4, 0.5) is 14.5 Å². The minimum absolute atomic E-state index is 0.339. The Morgan fingerprint density at radius 1 is 1.24 bits per heavy atom. The molecule has 3 rings (SSSR count). The number of carbonyl (C=O) groups excluding carboxylic acids is 1. The van der Waals surface area contributed by atoms with Gasteiger partial charge in [0.15, 0.2) is 5.82 Å². The third-order valence-electron chi connectivity index (χ3n) is 2.98. The number of nitrogens with zero attached hydrogens (tertiary/aromatic N) is 1. The smallest absolute Gasteiger partial charge is 0.258 e. The zero-order chi connectivity index (χ0) is 15.0. The van der Waals surface area contributed by atoms with Crippen LogP contribution in [0.25, 0.3) is 11.0 Å². The summed E-state index contributed by atoms with van der Waals surface area (Å²) < 4.78 is 26.9. The van der Waals surface area contributed by atoms with Crippen LogP contribution in [0.5, 0.6) is 0 Å². The molecule has 0 fully saturated rings. The van der Waals surface area contributed by atoms with E-state index in [4.69, 9.17) is 11.6 Å². The molecular weight excluding hydrogens is 300 g/mol. The number of imidazole rings is 1. The molecule has 1 aromatic heterocycles. The van der Waals surface area contributed by atoms with Gasteiger partial charge in [0.25, 0.3) is 5.91 Å². The third kappa shape index (κ3) is 2.34. The Morgan fingerprint density at radius 3 is 2.86 bits per heavy atom. The lowest BCUT2D eigenvalue weighted by Crippen LogP contribution is -2.14. The molecule has 0 atom stereocenters. The summed E-state index contributed by atoms with van der Waals surface area (Å²) in [6.07, 6.45) is 1.48. The number of H-pyrrole nitrogens is 1. The molecule has 0 aliphatic heterocycles. The Bertz CT molecular complexity index is 847. The summed E-state index contributed by atoms with van der Waals surface area (Å²) in [6.45, 7) is 0. The van der Waals surface area contributed by atoms with Crippen molar-refractivity contribution in [3.05, 3.63) is 58.9 Å². The first-order valence-corrected chi connectivity index (χ1v) is 6.32. The van der Waals surface area contributed by atoms with E-state index in [1.54, 1.807) is 18.2 Å². The van der Waals surface area contributed by atoms with Crippen molar-refractivity contribution >= 4 is 34.2 Å². The van der Waals surface area contributed by atoms with Crippen LogP contribution in [0.3, 0.4) is 0 Å². The van der Waals surface area contributed by atoms with E-state index in [0.29, 0.717) is 11.2 Å². The Kier molecular flexibility index (Phi) is 3.31. The van der Waals surface area contributed by atoms with E-state index >= 15 is 0 Å². The van der Waals surface area contributed by atoms with Crippen molar-refractivity contribution in [1.29, 1.82) is 0 Å². The molecule has 0 spiro atoms. The molecule has 0 aliphatic rings. The number of anilines is 1. The van der Waals surface area contributed by atoms with Gasteiger partial charge < -0.3 is 10.3 Å². The van der Waals surface area contributed by atoms with Crippen LogP contribution in [-0.2, 0) is 0 Å². The van der Waals surface area contributed by atoms with Crippen molar-refractivity contribution in [2.24, 2.45) is 0 Å². The summed E-state index contributed by atoms with van der Waals surface area (Å²) in [4.78, 5) is 19.1. The van der Waals surface area contributed by atoms with Gasteiger partial charge in [-0.05, 0) is 24.3 Å². The molecule has 0 radical (unpaired) electrons. The quantitative estimate of drug-likeness (QED) is 0.708. The van der Waals surface area contributed by atoms with Crippen LogP contribution < -0.4 is 5.32 Å². The maximum absolute atomic E-state index is 13.8. The standard InChI is InChI=1S/C14H8ClF2N3O/c15-11-8(16)5-4-7(12(11)17)14(21)20-10-3-1-2-9-13(10)19-6-18-9/h1-6H,(H,18,19)(H,20,21). The minimum Gasteiger partial charge on any atom is -0.345 e. The molecule has 1 heterocycles. The monoisotopic (exact) mass is 307 g/mol. The Balaban J connectivity index is 1.97. The molecule has 7 heteroatoms. The Labute approximate surface area is 122 Å². The van der Waals surface area contributed by atoms with Gasteiger partial charge in [-0.2, -0.15) is 0 Å². The number of aromatic nitrogens is 2. The van der Waals surface area contributed by atoms with Crippen LogP contribution >= 0.6 is 11.6 Å². The molecule has 21 heavy (non-hydrogen) atoms. The molecule has 0 saturated carbocycles. The number of nitrogens with one attached hydrogen (secondary N) is 2. The number of amides is 1. The minimum atomic E-state index is -1.09. The van der Waals surface area contributed by atoms with Gasteiger partial charge in [-0.3, -0.25) is 4.79 Å². The van der Waals surface area contributed by atoms with E-state index in [1.165, 1.54) is 6.33 Å². The van der Waals surface area contributed by atoms with Crippen molar-refractivity contribution in [3.8, 4) is 0 Å². The normalized spacial score (nSPS) is 10.8. The summed E-state index contributed by atoms with van der Waals surface area (Å²) in [5.41, 5.74) is 1.34. The number of hydrogen-bond donors (Lipinski definition) is 2. The summed E-state index contributed by atoms with van der Waals surface area (Å²) in [5.74, 6) is -2.74. The summed E-state index contributed by atoms with van der Waals surface area (Å²) >= 11 is 5.46. The molecule has 0 bridgehead atoms. The zero-order valence-corrected chi connectivity index (χ0v) is 11.2. The van der Waals surface area contributed by atoms with Crippen LogP contribution in [0.1, 0.15) is 10.4 Å². The number of aromatic amines is 1. The fraction of sp³-hybridized carbons (Fsp3) is 0. The lowest BCUT2D eigenvalue weighted by atomic mass is 10.2. The first-order chi connectivity index (χ1) is 10.1. The molecular formula is C14H8ClF2N3O. The molecule has 0 saturated heterocycles. The molecule has 0 aliphatic carbocycles. The number of halogens is 3. The topological polar surface area (TPSA) is 57.8 Å². The van der Waals surface area contributed by atoms with Crippen LogP contribution in [-0.4, -0.2) is 15.9 Å². The molecule has 3 aromatic rings. The maximum Gasteiger partial charge on any atom is 0.258 e. The highest BCUT2D eigenvalue weighted by Gasteiger charge is 2.18. The largest absolute Gasteiger partial charge is 0.345 e. The lowest BCUT2D eigenvalue weighted by Gasteiger charge is -2.08. The average Bonchev–Trinajstić information content (AvgIpc) is 2.94. The van der Waals surface area contributed by atoms with Crippen LogP contribution in [0, 0.1) is 11.6 Å². The van der Waals surface area contributed by atoms with E-state index in [2.05, 4.69) is 15.3 Å². The Hall–Kier alpha value is -2.47. The molecule has 1 amide bonds. The van der Waals surface area contributed by atoms with E-state index in [9.17, 15) is 13.6 Å². The maximum atomic E-state index is 13.8. The summed E-state index contributed by atoms with van der Waals surface area (Å²) in [7, 11) is 0. The van der Waals surface area contributed by atoms with Gasteiger partial charge in [-0.25, -0.2) is 13.8 Å². The van der Waals surface area contributed by atoms with Gasteiger partial charge in [0.2, 0.25) is 0 Å². The number of hydrogen-bond acceptors (Lipinski definition) is 2. The highest BCUT2D eigenvalue weighted by atomic mass is 35.5. The zero-order valence-electron chi connectivity index (χ0n) is 10.5. The van der Waals surface area contributed by atoms with Crippen LogP contribution in [0.15, 0.2) is 36.7 Å². The van der Waals surface area contributed by atoms with Crippen LogP contribution in [0.2, 0.25) is 5.02 Å². The lowest BCUT2D eigenvalue weighted by molar-refractivity contribution is 0.102. The van der Waals surface area contributed by atoms with Crippen molar-refractivity contribution in [1.82, 2.24) is 9.97 Å². The van der Waals surface area contributed by atoms with Crippen molar-refractivity contribution < 1.29 is 13.6 Å². The predicted octanol–water partition coefficient (Wildman–Crippen LogP) is 3.75. The van der Waals surface area contributed by atoms with Crippen molar-refractivity contribution in [3.63, 3.8) is 0 Å². The van der Waals surface area contributed by atoms with Gasteiger partial charge in [0.05, 0.1) is 23.1 Å². The highest BCUT2D eigenvalue weighted by Crippen LogP contribution is 2.24. The molecule has 106 valence electrons. The first-order valence-electron chi connectivity index (χ1n) is 5.95. The summed E-state index contributed by atoms with van der Waals surface area (Å²) in [6, 6.07) is 7.10. The second-order valence-corrected chi connectivity index (χ2v) is 4.66. The third-order valence-corrected chi connectivity index (χ3v) is 3.32. The average molecular weight is 308 g/mol. The predicted molar refractivity (Wildman–Crippen MR) is 75.4 cm³/mol. The SMILES string of the molecule is O=C(Nc1cccc2[nH]cnc12)c1ccc(F)c(Cl)c1F. The number of rotatable bonds is 2. The second kappa shape index (κ2) is 5.14. The van der Waals surface area contributed by atoms with Gasteiger partial charge in [-0.15, -0.1) is 0 Å². The number of carbonyl (C=O) groups is 1. The second-order valence-electron chi connectivity index (χ2n) is 4.28. The van der Waals surface area contributed by atoms with Crippen molar-refractivity contribution in [2.45, 2.75) is 0 Å². The van der Waals surface area contributed by atoms with E-state index in [-0.39, 0.29) is 5.56 Å². The molecule has 2 N–H and O–H groups in total. The molecule has 2 aromatic carbocycles. The number of fused-ring (bicyclic) bond motifs is 1.